The molecule has 1 saturated carbocycles. The van der Waals surface area contributed by atoms with E-state index in [0.717, 1.165) is 111 Å². The van der Waals surface area contributed by atoms with Gasteiger partial charge in [-0.25, -0.2) is 9.97 Å². The van der Waals surface area contributed by atoms with Gasteiger partial charge >= 0.3 is 0 Å². The molecule has 0 radical (unpaired) electrons. The Hall–Kier alpha value is -9.07. The quantitative estimate of drug-likeness (QED) is 0.0545. The summed E-state index contributed by atoms with van der Waals surface area (Å²) in [6, 6.07) is 52.7. The number of morpholine rings is 1. The third-order valence-electron chi connectivity index (χ3n) is 29.0. The number of H-pyrrole nitrogens is 2. The zero-order chi connectivity index (χ0) is 106. The van der Waals surface area contributed by atoms with Gasteiger partial charge in [0.25, 0.3) is 0 Å². The van der Waals surface area contributed by atoms with Gasteiger partial charge in [0.1, 0.15) is 12.4 Å². The maximum absolute atomic E-state index is 5.71. The van der Waals surface area contributed by atoms with E-state index in [-0.39, 0.29) is 48.7 Å². The fraction of sp³-hybridized carbons (Fsp3) is 0.602. The fourth-order valence-corrected chi connectivity index (χ4v) is 19.1. The van der Waals surface area contributed by atoms with Crippen molar-refractivity contribution in [2.45, 2.75) is 389 Å². The Bertz CT molecular complexity index is 5230. The number of hydrogen-bond acceptors (Lipinski definition) is 15. The number of pyridine rings is 5. The lowest BCUT2D eigenvalue weighted by atomic mass is 9.84. The van der Waals surface area contributed by atoms with Gasteiger partial charge in [-0.15, -0.1) is 0 Å². The number of aryl methyl sites for hydroxylation is 4. The third-order valence-corrected chi connectivity index (χ3v) is 29.0. The van der Waals surface area contributed by atoms with Gasteiger partial charge in [0.15, 0.2) is 0 Å². The standard InChI is InChI=1S/2C17H27N.2C16H26N2.C15H24N2O.C13H22N2O.C12H16O.2C11H14N2/c1-17(2,3)16-7-5-6-15(13-16)12-14-8-10-18(4)11-9-14;1-17(2,3)15-11-12-18-16(13-15)10-9-14-7-5-4-6-8-14;1-16(2,3)14-8-11-18-15(12-14)5-4-13-6-9-17-10-7-13;1-16(2,3)13-9-11-18-15(12-13)8-7-14-6-4-5-10-17-14;1-15(2,3)12-6-7-17-13(10-12)4-5-14-11-16-8-9-18-14;1-13(2,3)11-6-7-14-12(10-11)16-9-8-15(4)5;1-12(2,3)10-4-5-11-9(8-10)6-7-13-11;1-11(2,3)8-5-4-6-9-10(8)13-7-12-9;1-11(2,3)10-8-6-4-5-7-9(8)12-13-10/h5-7,13-14H,8-12H2,1-4H3;11-14H,4-10H2,1-3H3;8,11-13,17H,4-7,9-10H2,1-3H3;9,11-12,14,17H,4-8,10H2,1-3H3;6-7,10,14,16H,4-5,8-9,11H2,1-3H3;6-7,10H,8-9H2,1-5H3;4-5,8H,6-7H2,1-3H3;2*4-7H,1-3H3,(H,12,13). The molecule has 17 rings (SSSR count). The van der Waals surface area contributed by atoms with Crippen LogP contribution in [-0.2, 0) is 92.0 Å². The first kappa shape index (κ1) is 119. The Morgan fingerprint density at radius 3 is 1.42 bits per heavy atom. The highest BCUT2D eigenvalue weighted by Gasteiger charge is 2.28. The van der Waals surface area contributed by atoms with Crippen LogP contribution in [0.25, 0.3) is 21.9 Å². The number of likely N-dealkylation sites (N-methyl/N-ethyl adjacent to an activating group) is 1. The van der Waals surface area contributed by atoms with Crippen LogP contribution in [0.3, 0.4) is 0 Å². The van der Waals surface area contributed by atoms with Gasteiger partial charge in [0, 0.05) is 108 Å². The molecule has 0 amide bonds. The number of ether oxygens (including phenoxy) is 3. The van der Waals surface area contributed by atoms with Crippen LogP contribution in [0.5, 0.6) is 11.6 Å². The van der Waals surface area contributed by atoms with E-state index in [1.807, 2.05) is 75.4 Å². The molecule has 5 N–H and O–H groups in total. The molecule has 6 aliphatic rings. The lowest BCUT2D eigenvalue weighted by molar-refractivity contribution is 0.0237. The van der Waals surface area contributed by atoms with E-state index in [2.05, 4.69) is 380 Å². The van der Waals surface area contributed by atoms with Crippen molar-refractivity contribution in [3.8, 4) is 11.6 Å². The zero-order valence-electron chi connectivity index (χ0n) is 96.3. The van der Waals surface area contributed by atoms with Crippen molar-refractivity contribution in [1.29, 1.82) is 0 Å². The third kappa shape index (κ3) is 42.8. The molecule has 0 bridgehead atoms. The Kier molecular flexibility index (Phi) is 46.6. The van der Waals surface area contributed by atoms with Gasteiger partial charge in [-0.1, -0.05) is 292 Å². The normalized spacial score (nSPS) is 16.9. The van der Waals surface area contributed by atoms with E-state index in [0.29, 0.717) is 24.6 Å². The summed E-state index contributed by atoms with van der Waals surface area (Å²) in [6.45, 7) is 71.8. The van der Waals surface area contributed by atoms with Crippen molar-refractivity contribution in [2.75, 3.05) is 93.3 Å². The number of likely N-dealkylation sites (tertiary alicyclic amines) is 1. The zero-order valence-corrected chi connectivity index (χ0v) is 96.3. The second kappa shape index (κ2) is 56.5. The van der Waals surface area contributed by atoms with Gasteiger partial charge < -0.3 is 44.9 Å². The summed E-state index contributed by atoms with van der Waals surface area (Å²) < 4.78 is 16.8. The van der Waals surface area contributed by atoms with Crippen LogP contribution in [0.15, 0.2) is 183 Å². The minimum Gasteiger partial charge on any atom is -0.493 e. The Morgan fingerprint density at radius 2 is 0.910 bits per heavy atom. The van der Waals surface area contributed by atoms with E-state index in [1.165, 1.54) is 225 Å². The molecule has 5 aliphatic heterocycles. The van der Waals surface area contributed by atoms with Gasteiger partial charge in [-0.05, 0) is 340 Å². The molecule has 17 heteroatoms. The van der Waals surface area contributed by atoms with E-state index in [1.54, 1.807) is 6.33 Å². The molecule has 1 aliphatic carbocycles. The van der Waals surface area contributed by atoms with Crippen molar-refractivity contribution < 1.29 is 14.2 Å². The summed E-state index contributed by atoms with van der Waals surface area (Å²) >= 11 is 0. The molecule has 0 spiro atoms. The summed E-state index contributed by atoms with van der Waals surface area (Å²) in [4.78, 5) is 34.2. The second-order valence-electron chi connectivity index (χ2n) is 51.4. The summed E-state index contributed by atoms with van der Waals surface area (Å²) in [7, 11) is 6.29. The molecule has 796 valence electrons. The van der Waals surface area contributed by atoms with Gasteiger partial charge in [0.05, 0.1) is 42.2 Å². The second-order valence-corrected chi connectivity index (χ2v) is 51.4. The molecule has 2 unspecified atom stereocenters. The van der Waals surface area contributed by atoms with Gasteiger partial charge in [0.2, 0.25) is 5.88 Å². The van der Waals surface area contributed by atoms with E-state index >= 15 is 0 Å². The molecular formula is C128H196N14O3. The number of piperidine rings is 3. The number of nitrogens with zero attached hydrogens (tertiary/aromatic N) is 9. The summed E-state index contributed by atoms with van der Waals surface area (Å²) in [5.74, 6) is 4.53. The molecule has 11 aromatic rings. The summed E-state index contributed by atoms with van der Waals surface area (Å²) in [6.07, 6.45) is 40.0. The highest BCUT2D eigenvalue weighted by atomic mass is 16.5. The largest absolute Gasteiger partial charge is 0.493 e. The Labute approximate surface area is 880 Å². The smallest absolute Gasteiger partial charge is 0.213 e. The van der Waals surface area contributed by atoms with Crippen LogP contribution in [0, 0.1) is 17.8 Å². The highest BCUT2D eigenvalue weighted by Crippen LogP contribution is 2.37. The number of para-hydroxylation sites is 2. The van der Waals surface area contributed by atoms with Crippen molar-refractivity contribution in [2.24, 2.45) is 17.8 Å². The molecule has 4 saturated heterocycles. The monoisotopic (exact) mass is 1980 g/mol. The molecule has 7 aromatic heterocycles. The molecular weight excluding hydrogens is 1780 g/mol. The summed E-state index contributed by atoms with van der Waals surface area (Å²) in [5, 5.41) is 19.0. The van der Waals surface area contributed by atoms with Crippen molar-refractivity contribution in [3.63, 3.8) is 0 Å². The molecule has 145 heavy (non-hydrogen) atoms. The maximum Gasteiger partial charge on any atom is 0.213 e. The SMILES string of the molecule is CC(C)(C)c1[nH]nc2ccccc12.CC(C)(C)c1ccc2c(c1)CCO2.CC(C)(C)c1cccc2[nH]cnc12.CC(C)(C)c1ccnc(CCC2CCCCC2)c1.CC(C)(C)c1ccnc(CCC2CCCCN2)c1.CC(C)(C)c1ccnc(CCC2CCNCC2)c1.CC(C)(C)c1ccnc(CCC2CNCCO2)c1.CN(C)CCOc1cc(C(C)(C)C)ccn1.CN1CCC(Cc2cccc(C(C)(C)C)c2)CC1. The molecule has 4 aromatic carbocycles. The average Bonchev–Trinajstić information content (AvgIpc) is 1.62. The maximum atomic E-state index is 5.71. The van der Waals surface area contributed by atoms with E-state index < -0.39 is 0 Å². The van der Waals surface area contributed by atoms with Gasteiger partial charge in [-0.3, -0.25) is 25.0 Å². The average molecular weight is 1980 g/mol. The van der Waals surface area contributed by atoms with Crippen LogP contribution in [-0.4, -0.2) is 160 Å². The number of hydrogen-bond donors (Lipinski definition) is 5. The van der Waals surface area contributed by atoms with Crippen LogP contribution < -0.4 is 25.4 Å². The van der Waals surface area contributed by atoms with Crippen molar-refractivity contribution >= 4 is 21.9 Å². The van der Waals surface area contributed by atoms with Crippen LogP contribution in [0.1, 0.15) is 374 Å². The lowest BCUT2D eigenvalue weighted by Crippen LogP contribution is -2.38. The van der Waals surface area contributed by atoms with Crippen molar-refractivity contribution in [3.05, 3.63) is 267 Å². The number of fused-ring (bicyclic) bond motifs is 3. The van der Waals surface area contributed by atoms with Crippen LogP contribution in [0.2, 0.25) is 0 Å². The number of rotatable bonds is 18. The highest BCUT2D eigenvalue weighted by molar-refractivity contribution is 5.82. The molecule has 5 fully saturated rings. The van der Waals surface area contributed by atoms with Crippen LogP contribution in [0.4, 0.5) is 0 Å². The van der Waals surface area contributed by atoms with Gasteiger partial charge in [-0.2, -0.15) is 5.10 Å². The van der Waals surface area contributed by atoms with E-state index in [9.17, 15) is 0 Å². The minimum atomic E-state index is 0.135. The number of nitrogens with one attached hydrogen (secondary N) is 5. The molecule has 17 nitrogen and oxygen atoms in total. The minimum absolute atomic E-state index is 0.135. The number of imidazole rings is 1. The Morgan fingerprint density at radius 1 is 0.414 bits per heavy atom. The summed E-state index contributed by atoms with van der Waals surface area (Å²) in [5.41, 5.74) is 25.2. The lowest BCUT2D eigenvalue weighted by Gasteiger charge is -2.29. The first-order chi connectivity index (χ1) is 68.3. The first-order valence-electron chi connectivity index (χ1n) is 55.5. The Balaban J connectivity index is 0.000000182. The van der Waals surface area contributed by atoms with Crippen LogP contribution >= 0.6 is 0 Å². The topological polar surface area (TPSA) is 192 Å². The molecule has 2 atom stereocenters. The predicted octanol–water partition coefficient (Wildman–Crippen LogP) is 28.8. The fourth-order valence-electron chi connectivity index (χ4n) is 19.1. The number of aromatic nitrogens is 9. The number of aromatic amines is 2. The van der Waals surface area contributed by atoms with Crippen molar-refractivity contribution in [1.82, 2.24) is 70.8 Å². The molecule has 12 heterocycles. The first-order valence-corrected chi connectivity index (χ1v) is 55.5. The number of benzene rings is 4. The predicted molar refractivity (Wildman–Crippen MR) is 615 cm³/mol. The van der Waals surface area contributed by atoms with E-state index in [4.69, 9.17) is 14.2 Å².